The van der Waals surface area contributed by atoms with Gasteiger partial charge in [-0.05, 0) is 85.7 Å². The fraction of sp³-hybridized carbons (Fsp3) is 0.375. The van der Waals surface area contributed by atoms with Gasteiger partial charge in [0.1, 0.15) is 0 Å². The maximum atomic E-state index is 3.28. The van der Waals surface area contributed by atoms with Crippen LogP contribution in [0.4, 0.5) is 11.4 Å². The van der Waals surface area contributed by atoms with Gasteiger partial charge < -0.3 is 15.1 Å². The third-order valence-corrected chi connectivity index (χ3v) is 9.08. The monoisotopic (exact) mass is 684 g/mol. The Morgan fingerprint density at radius 2 is 1.43 bits per heavy atom. The number of likely N-dealkylation sites (N-methyl/N-ethyl adjacent to an activating group) is 1. The molecule has 4 unspecified atom stereocenters. The molecular weight excluding hydrogens is 619 g/mol. The second kappa shape index (κ2) is 20.5. The summed E-state index contributed by atoms with van der Waals surface area (Å²) in [6.07, 6.45) is 46.2. The first-order valence-corrected chi connectivity index (χ1v) is 19.3. The SMILES string of the molecule is C/C=C\C=C/C1=CC2C=CC=CC2N1c1cc(C2=CCC=C(C(C)(C)C)C=C2)cc(N2C(/C=C\CNC)=C\C(C)/C=C\C=C/C2C)c1.CC.CC. The quantitative estimate of drug-likeness (QED) is 0.275. The van der Waals surface area contributed by atoms with Gasteiger partial charge in [-0.25, -0.2) is 0 Å². The van der Waals surface area contributed by atoms with Crippen LogP contribution in [0.25, 0.3) is 5.57 Å². The molecule has 5 rings (SSSR count). The van der Waals surface area contributed by atoms with Gasteiger partial charge in [-0.1, -0.05) is 165 Å². The van der Waals surface area contributed by atoms with Gasteiger partial charge in [0.2, 0.25) is 0 Å². The highest BCUT2D eigenvalue weighted by atomic mass is 15.2. The molecule has 0 bridgehead atoms. The smallest absolute Gasteiger partial charge is 0.0623 e. The minimum Gasteiger partial charge on any atom is -0.335 e. The van der Waals surface area contributed by atoms with E-state index in [4.69, 9.17) is 0 Å². The summed E-state index contributed by atoms with van der Waals surface area (Å²) >= 11 is 0. The molecule has 0 amide bonds. The van der Waals surface area contributed by atoms with Crippen molar-refractivity contribution in [3.8, 4) is 0 Å². The van der Waals surface area contributed by atoms with Crippen LogP contribution in [0.15, 0.2) is 157 Å². The van der Waals surface area contributed by atoms with Crippen LogP contribution < -0.4 is 15.1 Å². The molecule has 3 heteroatoms. The Labute approximate surface area is 312 Å². The molecule has 3 nitrogen and oxygen atoms in total. The van der Waals surface area contributed by atoms with Gasteiger partial charge in [0, 0.05) is 41.3 Å². The van der Waals surface area contributed by atoms with E-state index in [0.29, 0.717) is 11.8 Å². The molecule has 4 atom stereocenters. The number of nitrogens with one attached hydrogen (secondary N) is 1. The fourth-order valence-corrected chi connectivity index (χ4v) is 6.64. The first kappa shape index (κ1) is 41.1. The molecule has 2 aliphatic heterocycles. The Morgan fingerprint density at radius 3 is 2.14 bits per heavy atom. The van der Waals surface area contributed by atoms with Crippen LogP contribution >= 0.6 is 0 Å². The number of rotatable bonds is 8. The standard InChI is InChI=1S/C44H53N3.2C2H6/c1-8-9-10-22-40-29-36-19-13-14-24-43(36)47(40)42-31-37(35-20-15-21-38(26-25-35)44(4,5)6)30-41(32-42)46-34(3)18-12-11-17-33(2)28-39(46)23-16-27-45-7;2*1-2/h8-14,16-26,28-34,36,43,45H,15,27H2,1-7H3;2*1-2H3/b9-8-,17-11-,18-12-,22-10-,23-16-,39-28-;;. The van der Waals surface area contributed by atoms with Crippen molar-refractivity contribution in [1.82, 2.24) is 5.32 Å². The number of allylic oxidation sites excluding steroid dienone is 17. The van der Waals surface area contributed by atoms with Crippen molar-refractivity contribution in [1.29, 1.82) is 0 Å². The Balaban J connectivity index is 0.00000169. The summed E-state index contributed by atoms with van der Waals surface area (Å²) in [4.78, 5) is 5.03. The molecule has 51 heavy (non-hydrogen) atoms. The lowest BCUT2D eigenvalue weighted by molar-refractivity contribution is 0.515. The summed E-state index contributed by atoms with van der Waals surface area (Å²) in [5.41, 5.74) is 8.77. The Morgan fingerprint density at radius 1 is 0.765 bits per heavy atom. The zero-order chi connectivity index (χ0) is 37.4. The number of fused-ring (bicyclic) bond motifs is 1. The summed E-state index contributed by atoms with van der Waals surface area (Å²) in [6, 6.07) is 7.55. The normalized spacial score (nSPS) is 25.3. The van der Waals surface area contributed by atoms with Gasteiger partial charge in [-0.15, -0.1) is 0 Å². The summed E-state index contributed by atoms with van der Waals surface area (Å²) in [5.74, 6) is 0.621. The van der Waals surface area contributed by atoms with E-state index in [1.807, 2.05) is 34.7 Å². The Kier molecular flexibility index (Phi) is 16.5. The molecule has 2 aliphatic carbocycles. The highest BCUT2D eigenvalue weighted by Gasteiger charge is 2.33. The molecule has 0 aromatic heterocycles. The highest BCUT2D eigenvalue weighted by Crippen LogP contribution is 2.41. The third kappa shape index (κ3) is 11.1. The molecule has 0 spiro atoms. The predicted molar refractivity (Wildman–Crippen MR) is 229 cm³/mol. The molecular formula is C48H65N3. The number of nitrogens with zero attached hydrogens (tertiary/aromatic N) is 2. The van der Waals surface area contributed by atoms with Crippen molar-refractivity contribution in [3.05, 3.63) is 162 Å². The molecule has 0 fully saturated rings. The van der Waals surface area contributed by atoms with Crippen LogP contribution in [0, 0.1) is 17.3 Å². The molecule has 0 saturated heterocycles. The van der Waals surface area contributed by atoms with E-state index in [1.165, 1.54) is 39.5 Å². The summed E-state index contributed by atoms with van der Waals surface area (Å²) in [6.45, 7) is 22.3. The maximum absolute atomic E-state index is 3.28. The van der Waals surface area contributed by atoms with Crippen LogP contribution in [0.5, 0.6) is 0 Å². The molecule has 4 aliphatic rings. The van der Waals surface area contributed by atoms with Gasteiger partial charge in [0.15, 0.2) is 0 Å². The van der Waals surface area contributed by atoms with Crippen LogP contribution in [-0.4, -0.2) is 25.7 Å². The van der Waals surface area contributed by atoms with Crippen LogP contribution in [-0.2, 0) is 0 Å². The van der Waals surface area contributed by atoms with E-state index >= 15 is 0 Å². The van der Waals surface area contributed by atoms with Crippen LogP contribution in [0.3, 0.4) is 0 Å². The third-order valence-electron chi connectivity index (χ3n) is 9.08. The first-order valence-electron chi connectivity index (χ1n) is 19.3. The highest BCUT2D eigenvalue weighted by molar-refractivity contribution is 5.82. The topological polar surface area (TPSA) is 18.5 Å². The van der Waals surface area contributed by atoms with E-state index in [1.54, 1.807) is 0 Å². The average Bonchev–Trinajstić information content (AvgIpc) is 3.33. The molecule has 2 heterocycles. The molecule has 1 aromatic rings. The van der Waals surface area contributed by atoms with Gasteiger partial charge in [-0.2, -0.15) is 0 Å². The Bertz CT molecular complexity index is 1650. The first-order chi connectivity index (χ1) is 24.7. The van der Waals surface area contributed by atoms with Crippen LogP contribution in [0.2, 0.25) is 0 Å². The summed E-state index contributed by atoms with van der Waals surface area (Å²) < 4.78 is 0. The Hall–Kier alpha value is -4.34. The number of anilines is 2. The van der Waals surface area contributed by atoms with E-state index in [2.05, 4.69) is 196 Å². The lowest BCUT2D eigenvalue weighted by atomic mass is 9.86. The molecule has 1 aromatic carbocycles. The number of hydrogen-bond acceptors (Lipinski definition) is 3. The van der Waals surface area contributed by atoms with Crippen molar-refractivity contribution >= 4 is 16.9 Å². The summed E-state index contributed by atoms with van der Waals surface area (Å²) in [5, 5.41) is 3.28. The van der Waals surface area contributed by atoms with Crippen molar-refractivity contribution in [2.45, 2.75) is 87.7 Å². The average molecular weight is 684 g/mol. The minimum absolute atomic E-state index is 0.103. The largest absolute Gasteiger partial charge is 0.335 e. The molecule has 1 N–H and O–H groups in total. The fourth-order valence-electron chi connectivity index (χ4n) is 6.64. The predicted octanol–water partition coefficient (Wildman–Crippen LogP) is 12.6. The van der Waals surface area contributed by atoms with Crippen molar-refractivity contribution in [3.63, 3.8) is 0 Å². The van der Waals surface area contributed by atoms with Crippen LogP contribution in [0.1, 0.15) is 81.2 Å². The minimum atomic E-state index is 0.103. The second-order valence-corrected chi connectivity index (χ2v) is 13.9. The van der Waals surface area contributed by atoms with Crippen molar-refractivity contribution < 1.29 is 0 Å². The molecule has 0 saturated carbocycles. The van der Waals surface area contributed by atoms with E-state index < -0.39 is 0 Å². The second-order valence-electron chi connectivity index (χ2n) is 13.9. The number of benzene rings is 1. The lowest BCUT2D eigenvalue weighted by Crippen LogP contribution is -2.34. The van der Waals surface area contributed by atoms with Gasteiger partial charge >= 0.3 is 0 Å². The van der Waals surface area contributed by atoms with Gasteiger partial charge in [-0.3, -0.25) is 0 Å². The van der Waals surface area contributed by atoms with Crippen molar-refractivity contribution in [2.24, 2.45) is 17.3 Å². The van der Waals surface area contributed by atoms with E-state index in [-0.39, 0.29) is 17.5 Å². The summed E-state index contributed by atoms with van der Waals surface area (Å²) in [7, 11) is 1.99. The maximum Gasteiger partial charge on any atom is 0.0623 e. The zero-order valence-corrected chi connectivity index (χ0v) is 33.4. The van der Waals surface area contributed by atoms with E-state index in [9.17, 15) is 0 Å². The van der Waals surface area contributed by atoms with E-state index in [0.717, 1.165) is 13.0 Å². The zero-order valence-electron chi connectivity index (χ0n) is 33.4. The lowest BCUT2D eigenvalue weighted by Gasteiger charge is -2.35. The van der Waals surface area contributed by atoms with Crippen molar-refractivity contribution in [2.75, 3.05) is 23.4 Å². The number of hydrogen-bond donors (Lipinski definition) is 1. The van der Waals surface area contributed by atoms with Gasteiger partial charge in [0.25, 0.3) is 0 Å². The molecule has 0 radical (unpaired) electrons. The van der Waals surface area contributed by atoms with Gasteiger partial charge in [0.05, 0.1) is 6.04 Å². The molecule has 272 valence electrons.